The summed E-state index contributed by atoms with van der Waals surface area (Å²) in [5.41, 5.74) is 0.371. The third-order valence-corrected chi connectivity index (χ3v) is 8.01. The van der Waals surface area contributed by atoms with Crippen molar-refractivity contribution in [3.05, 3.63) is 59.4 Å². The summed E-state index contributed by atoms with van der Waals surface area (Å²) in [6.07, 6.45) is 0.704. The van der Waals surface area contributed by atoms with Gasteiger partial charge in [0.1, 0.15) is 11.9 Å². The van der Waals surface area contributed by atoms with Crippen LogP contribution in [0.25, 0.3) is 10.8 Å². The Morgan fingerprint density at radius 1 is 1.21 bits per heavy atom. The highest BCUT2D eigenvalue weighted by Gasteiger charge is 2.52. The van der Waals surface area contributed by atoms with Gasteiger partial charge in [-0.1, -0.05) is 63.2 Å². The Balaban J connectivity index is 1.54. The van der Waals surface area contributed by atoms with Crippen LogP contribution in [0, 0.1) is 16.7 Å². The summed E-state index contributed by atoms with van der Waals surface area (Å²) in [6, 6.07) is 16.5. The molecule has 5 rings (SSSR count). The molecule has 9 heteroatoms. The number of rotatable bonds is 4. The van der Waals surface area contributed by atoms with Gasteiger partial charge in [0.2, 0.25) is 5.88 Å². The van der Waals surface area contributed by atoms with Crippen LogP contribution in [0.4, 0.5) is 10.6 Å². The van der Waals surface area contributed by atoms with Crippen LogP contribution < -0.4 is 9.64 Å². The molecule has 0 radical (unpaired) electrons. The Kier molecular flexibility index (Phi) is 6.43. The van der Waals surface area contributed by atoms with E-state index in [2.05, 4.69) is 40.3 Å². The lowest BCUT2D eigenvalue weighted by Gasteiger charge is -2.55. The van der Waals surface area contributed by atoms with E-state index in [4.69, 9.17) is 4.74 Å². The molecular weight excluding hydrogens is 482 g/mol. The first kappa shape index (κ1) is 25.5. The van der Waals surface area contributed by atoms with E-state index in [-0.39, 0.29) is 31.4 Å². The number of carboxylic acid groups (broad SMARTS) is 1. The molecule has 3 aromatic rings. The van der Waals surface area contributed by atoms with Crippen molar-refractivity contribution in [2.45, 2.75) is 51.7 Å². The van der Waals surface area contributed by atoms with Crippen LogP contribution >= 0.6 is 0 Å². The summed E-state index contributed by atoms with van der Waals surface area (Å²) in [4.78, 5) is 36.5. The largest absolute Gasteiger partial charge is 0.469 e. The van der Waals surface area contributed by atoms with Crippen molar-refractivity contribution in [2.24, 2.45) is 5.41 Å². The molecular formula is C29H31N5O4. The standard InChI is InChI=1S/C29H31N5O4/c1-28(2,3)29(13-14-30)18-33(15-16-34(29)27(36)37)25-22-11-12-23(38-26(22)32-24(17-35)31-25)21-10-6-8-19-7-4-5-9-20(19)21/h4-10,17,23H,11-13,15-16,18H2,1-3H3,(H,36,37)/t23?,29-/m1/s1. The highest BCUT2D eigenvalue weighted by Crippen LogP contribution is 2.44. The van der Waals surface area contributed by atoms with Gasteiger partial charge in [0, 0.05) is 25.2 Å². The number of nitrogens with zero attached hydrogens (tertiary/aromatic N) is 5. The minimum absolute atomic E-state index is 0.0135. The lowest BCUT2D eigenvalue weighted by Crippen LogP contribution is -2.69. The van der Waals surface area contributed by atoms with Gasteiger partial charge in [-0.2, -0.15) is 10.2 Å². The molecule has 2 aliphatic rings. The maximum atomic E-state index is 12.2. The lowest BCUT2D eigenvalue weighted by atomic mass is 9.69. The number of carbonyl (C=O) groups is 2. The highest BCUT2D eigenvalue weighted by atomic mass is 16.5. The van der Waals surface area contributed by atoms with Gasteiger partial charge in [-0.25, -0.2) is 9.78 Å². The summed E-state index contributed by atoms with van der Waals surface area (Å²) >= 11 is 0. The van der Waals surface area contributed by atoms with Crippen LogP contribution in [0.2, 0.25) is 0 Å². The number of piperazine rings is 1. The van der Waals surface area contributed by atoms with Gasteiger partial charge < -0.3 is 14.7 Å². The number of hydrogen-bond acceptors (Lipinski definition) is 7. The molecule has 1 amide bonds. The zero-order valence-electron chi connectivity index (χ0n) is 21.8. The predicted octanol–water partition coefficient (Wildman–Crippen LogP) is 5.01. The average Bonchev–Trinajstić information content (AvgIpc) is 2.91. The second-order valence-electron chi connectivity index (χ2n) is 11.0. The van der Waals surface area contributed by atoms with E-state index in [9.17, 15) is 20.0 Å². The van der Waals surface area contributed by atoms with Crippen molar-refractivity contribution in [1.82, 2.24) is 14.9 Å². The predicted molar refractivity (Wildman–Crippen MR) is 142 cm³/mol. The number of fused-ring (bicyclic) bond motifs is 2. The number of amides is 1. The molecule has 196 valence electrons. The van der Waals surface area contributed by atoms with Crippen LogP contribution in [0.3, 0.4) is 0 Å². The third kappa shape index (κ3) is 4.20. The van der Waals surface area contributed by atoms with E-state index in [0.29, 0.717) is 37.4 Å². The second-order valence-corrected chi connectivity index (χ2v) is 11.0. The Bertz CT molecular complexity index is 1440. The number of hydrogen-bond donors (Lipinski definition) is 1. The van der Waals surface area contributed by atoms with Crippen LogP contribution in [-0.4, -0.2) is 57.5 Å². The fourth-order valence-corrected chi connectivity index (χ4v) is 5.88. The van der Waals surface area contributed by atoms with Gasteiger partial charge in [-0.3, -0.25) is 9.69 Å². The maximum Gasteiger partial charge on any atom is 0.407 e. The molecule has 2 aliphatic heterocycles. The molecule has 0 saturated carbocycles. The van der Waals surface area contributed by atoms with Gasteiger partial charge in [0.05, 0.1) is 23.6 Å². The van der Waals surface area contributed by atoms with E-state index in [1.165, 1.54) is 4.90 Å². The van der Waals surface area contributed by atoms with E-state index in [1.807, 2.05) is 43.9 Å². The van der Waals surface area contributed by atoms with Crippen molar-refractivity contribution in [3.63, 3.8) is 0 Å². The van der Waals surface area contributed by atoms with E-state index < -0.39 is 17.0 Å². The van der Waals surface area contributed by atoms with E-state index >= 15 is 0 Å². The van der Waals surface area contributed by atoms with Crippen LogP contribution in [0.15, 0.2) is 42.5 Å². The number of aldehydes is 1. The van der Waals surface area contributed by atoms with Gasteiger partial charge in [0.25, 0.3) is 0 Å². The third-order valence-electron chi connectivity index (χ3n) is 8.01. The quantitative estimate of drug-likeness (QED) is 0.484. The number of nitriles is 1. The molecule has 1 fully saturated rings. The SMILES string of the molecule is CC(C)(C)[C@@]1(CC#N)CN(c2nc(C=O)nc3c2CCC(c2cccc4ccccc24)O3)CCN1C(=O)O. The number of carbonyl (C=O) groups excluding carboxylic acids is 1. The molecule has 1 aromatic heterocycles. The van der Waals surface area contributed by atoms with Crippen LogP contribution in [0.5, 0.6) is 5.88 Å². The normalized spacial score (nSPS) is 21.4. The second kappa shape index (κ2) is 9.60. The van der Waals surface area contributed by atoms with Crippen molar-refractivity contribution in [1.29, 1.82) is 5.26 Å². The highest BCUT2D eigenvalue weighted by molar-refractivity contribution is 5.86. The minimum atomic E-state index is -1.05. The molecule has 1 saturated heterocycles. The topological polar surface area (TPSA) is 120 Å². The number of benzene rings is 2. The zero-order chi connectivity index (χ0) is 27.1. The fraction of sp³-hybridized carbons (Fsp3) is 0.414. The number of ether oxygens (including phenoxy) is 1. The van der Waals surface area contributed by atoms with Gasteiger partial charge in [-0.15, -0.1) is 0 Å². The minimum Gasteiger partial charge on any atom is -0.469 e. The first-order valence-electron chi connectivity index (χ1n) is 12.8. The molecule has 0 bridgehead atoms. The van der Waals surface area contributed by atoms with Crippen LogP contribution in [-0.2, 0) is 6.42 Å². The van der Waals surface area contributed by atoms with Crippen molar-refractivity contribution in [2.75, 3.05) is 24.5 Å². The van der Waals surface area contributed by atoms with E-state index in [1.54, 1.807) is 0 Å². The van der Waals surface area contributed by atoms with Crippen molar-refractivity contribution >= 4 is 29.0 Å². The Hall–Kier alpha value is -4.19. The number of aromatic nitrogens is 2. The molecule has 0 aliphatic carbocycles. The Labute approximate surface area is 221 Å². The maximum absolute atomic E-state index is 12.2. The smallest absolute Gasteiger partial charge is 0.407 e. The Morgan fingerprint density at radius 3 is 2.68 bits per heavy atom. The molecule has 2 atom stereocenters. The molecule has 2 aromatic carbocycles. The Morgan fingerprint density at radius 2 is 1.97 bits per heavy atom. The van der Waals surface area contributed by atoms with Crippen LogP contribution in [0.1, 0.15) is 61.5 Å². The van der Waals surface area contributed by atoms with E-state index in [0.717, 1.165) is 21.9 Å². The fourth-order valence-electron chi connectivity index (χ4n) is 5.88. The summed E-state index contributed by atoms with van der Waals surface area (Å²) in [6.45, 7) is 6.72. The van der Waals surface area contributed by atoms with Gasteiger partial charge in [-0.05, 0) is 29.0 Å². The summed E-state index contributed by atoms with van der Waals surface area (Å²) in [7, 11) is 0. The molecule has 9 nitrogen and oxygen atoms in total. The molecule has 1 N–H and O–H groups in total. The molecule has 0 spiro atoms. The van der Waals surface area contributed by atoms with Crippen molar-refractivity contribution < 1.29 is 19.4 Å². The summed E-state index contributed by atoms with van der Waals surface area (Å²) in [5.74, 6) is 0.966. The lowest BCUT2D eigenvalue weighted by molar-refractivity contribution is -0.00292. The molecule has 1 unspecified atom stereocenters. The summed E-state index contributed by atoms with van der Waals surface area (Å²) in [5, 5.41) is 22.0. The molecule has 3 heterocycles. The first-order chi connectivity index (χ1) is 18.2. The first-order valence-corrected chi connectivity index (χ1v) is 12.8. The average molecular weight is 514 g/mol. The van der Waals surface area contributed by atoms with Gasteiger partial charge in [0.15, 0.2) is 12.1 Å². The van der Waals surface area contributed by atoms with Crippen molar-refractivity contribution in [3.8, 4) is 11.9 Å². The molecule has 38 heavy (non-hydrogen) atoms. The number of anilines is 1. The summed E-state index contributed by atoms with van der Waals surface area (Å²) < 4.78 is 6.43. The monoisotopic (exact) mass is 513 g/mol. The van der Waals surface area contributed by atoms with Gasteiger partial charge >= 0.3 is 6.09 Å². The zero-order valence-corrected chi connectivity index (χ0v) is 21.8.